The highest BCUT2D eigenvalue weighted by Crippen LogP contribution is 2.18. The summed E-state index contributed by atoms with van der Waals surface area (Å²) in [5.74, 6) is -0.463. The number of hydrogen-bond acceptors (Lipinski definition) is 3. The van der Waals surface area contributed by atoms with E-state index in [0.29, 0.717) is 0 Å². The van der Waals surface area contributed by atoms with Gasteiger partial charge in [-0.2, -0.15) is 0 Å². The molecule has 0 aromatic heterocycles. The van der Waals surface area contributed by atoms with E-state index in [2.05, 4.69) is 20.8 Å². The highest BCUT2D eigenvalue weighted by Gasteiger charge is 2.22. The number of allylic oxidation sites excluding steroid dienone is 3. The Labute approximate surface area is 187 Å². The van der Waals surface area contributed by atoms with Crippen LogP contribution < -0.4 is 0 Å². The number of rotatable bonds is 20. The van der Waals surface area contributed by atoms with Crippen LogP contribution in [0.3, 0.4) is 0 Å². The summed E-state index contributed by atoms with van der Waals surface area (Å²) in [4.78, 5) is 0. The van der Waals surface area contributed by atoms with Crippen molar-refractivity contribution in [2.24, 2.45) is 0 Å². The molecule has 0 rings (SSSR count). The van der Waals surface area contributed by atoms with E-state index >= 15 is 0 Å². The average molecular weight is 442 g/mol. The largest absolute Gasteiger partial charge is 0.744 e. The Balaban J connectivity index is 5.26. The molecular weight excluding hydrogens is 394 g/mol. The van der Waals surface area contributed by atoms with Gasteiger partial charge in [-0.25, -0.2) is 12.9 Å². The maximum absolute atomic E-state index is 11.7. The summed E-state index contributed by atoms with van der Waals surface area (Å²) in [6.45, 7) is 6.56. The molecule has 0 saturated carbocycles. The molecule has 0 aliphatic rings. The van der Waals surface area contributed by atoms with Crippen molar-refractivity contribution in [2.45, 2.75) is 117 Å². The quantitative estimate of drug-likeness (QED) is 0.110. The van der Waals surface area contributed by atoms with Gasteiger partial charge >= 0.3 is 0 Å². The van der Waals surface area contributed by atoms with E-state index in [0.717, 1.165) is 38.5 Å². The number of unbranched alkanes of at least 4 members (excludes halogenated alkanes) is 12. The van der Waals surface area contributed by atoms with Crippen molar-refractivity contribution in [2.75, 3.05) is 5.88 Å². The van der Waals surface area contributed by atoms with Gasteiger partial charge in [0.1, 0.15) is 28.7 Å². The summed E-state index contributed by atoms with van der Waals surface area (Å²) in [7, 11) is -4.37. The second-order valence-electron chi connectivity index (χ2n) is 8.38. The lowest BCUT2D eigenvalue weighted by Gasteiger charge is -2.28. The predicted octanol–water partition coefficient (Wildman–Crippen LogP) is 7.76. The van der Waals surface area contributed by atoms with Crippen LogP contribution in [0.2, 0.25) is 0 Å². The first-order chi connectivity index (χ1) is 14.4. The Hall–Kier alpha value is -0.910. The number of quaternary nitrogens is 1. The molecule has 4 nitrogen and oxygen atoms in total. The minimum absolute atomic E-state index is 0.0266. The van der Waals surface area contributed by atoms with Gasteiger partial charge in [0.25, 0.3) is 0 Å². The van der Waals surface area contributed by atoms with Crippen LogP contribution in [-0.4, -0.2) is 23.3 Å². The fourth-order valence-corrected chi connectivity index (χ4v) is 4.24. The van der Waals surface area contributed by atoms with Gasteiger partial charge in [-0.05, 0) is 56.8 Å². The van der Waals surface area contributed by atoms with Crippen LogP contribution in [0.15, 0.2) is 36.8 Å². The first-order valence-electron chi connectivity index (χ1n) is 12.2. The minimum atomic E-state index is -4.37. The van der Waals surface area contributed by atoms with Crippen molar-refractivity contribution in [1.82, 2.24) is 0 Å². The topological polar surface area (TPSA) is 57.2 Å². The van der Waals surface area contributed by atoms with Crippen molar-refractivity contribution in [3.63, 3.8) is 0 Å². The molecule has 0 bridgehead atoms. The molecule has 0 heterocycles. The van der Waals surface area contributed by atoms with Gasteiger partial charge in [-0.15, -0.1) is 0 Å². The normalized spacial score (nSPS) is 13.3. The van der Waals surface area contributed by atoms with Crippen LogP contribution in [0.25, 0.3) is 0 Å². The van der Waals surface area contributed by atoms with E-state index in [1.54, 1.807) is 0 Å². The van der Waals surface area contributed by atoms with Crippen molar-refractivity contribution >= 4 is 10.1 Å². The first-order valence-corrected chi connectivity index (χ1v) is 13.8. The van der Waals surface area contributed by atoms with Crippen molar-refractivity contribution in [3.8, 4) is 0 Å². The molecule has 5 heteroatoms. The van der Waals surface area contributed by atoms with Crippen LogP contribution in [-0.2, 0) is 10.1 Å². The van der Waals surface area contributed by atoms with Gasteiger partial charge in [0, 0.05) is 0 Å². The smallest absolute Gasteiger partial charge is 0.181 e. The minimum Gasteiger partial charge on any atom is -0.744 e. The van der Waals surface area contributed by atoms with E-state index in [9.17, 15) is 13.0 Å². The molecule has 0 fully saturated rings. The molecule has 0 N–H and O–H groups in total. The molecule has 176 valence electrons. The summed E-state index contributed by atoms with van der Waals surface area (Å²) in [6, 6.07) is 0. The van der Waals surface area contributed by atoms with Crippen LogP contribution >= 0.6 is 0 Å². The Morgan fingerprint density at radius 3 is 1.20 bits per heavy atom. The van der Waals surface area contributed by atoms with Gasteiger partial charge in [0.2, 0.25) is 0 Å². The third kappa shape index (κ3) is 17.9. The van der Waals surface area contributed by atoms with Crippen molar-refractivity contribution < 1.29 is 17.5 Å². The van der Waals surface area contributed by atoms with Crippen molar-refractivity contribution in [3.05, 3.63) is 36.8 Å². The molecule has 0 aromatic rings. The third-order valence-electron chi connectivity index (χ3n) is 5.20. The average Bonchev–Trinajstić information content (AvgIpc) is 2.69. The molecule has 0 atom stereocenters. The lowest BCUT2D eigenvalue weighted by atomic mass is 10.1. The van der Waals surface area contributed by atoms with E-state index < -0.39 is 16.0 Å². The Morgan fingerprint density at radius 1 is 0.600 bits per heavy atom. The van der Waals surface area contributed by atoms with E-state index in [-0.39, 0.29) is 4.48 Å². The molecule has 0 spiro atoms. The summed E-state index contributed by atoms with van der Waals surface area (Å²) < 4.78 is 35.1. The molecule has 0 aliphatic heterocycles. The monoisotopic (exact) mass is 441 g/mol. The molecule has 30 heavy (non-hydrogen) atoms. The van der Waals surface area contributed by atoms with E-state index in [4.69, 9.17) is 0 Å². The molecule has 0 aromatic carbocycles. The third-order valence-corrected chi connectivity index (χ3v) is 5.97. The van der Waals surface area contributed by atoms with Crippen LogP contribution in [0, 0.1) is 0 Å². The first kappa shape index (κ1) is 29.1. The van der Waals surface area contributed by atoms with Gasteiger partial charge in [0.05, 0.1) is 0 Å². The molecule has 0 unspecified atom stereocenters. The van der Waals surface area contributed by atoms with Gasteiger partial charge in [-0.3, -0.25) is 0 Å². The SMILES string of the molecule is CCCCCC/C=C/[N+](/C=C/CCCCCC)(/C=C/CCCCCC)CS(=O)(=O)[O-]. The Bertz CT molecular complexity index is 524. The van der Waals surface area contributed by atoms with Crippen LogP contribution in [0.4, 0.5) is 0 Å². The highest BCUT2D eigenvalue weighted by atomic mass is 32.2. The summed E-state index contributed by atoms with van der Waals surface area (Å²) in [5.41, 5.74) is 0. The number of hydrogen-bond donors (Lipinski definition) is 0. The zero-order valence-corrected chi connectivity index (χ0v) is 20.7. The standard InChI is InChI=1S/C25H47NO3S/c1-4-7-10-13-16-19-22-26(25-30(27,28)29,23-20-17-14-11-8-5-2)24-21-18-15-12-9-6-3/h19-24H,4-18,25H2,1-3H3/b22-19+,23-20+,24-21+. The lowest BCUT2D eigenvalue weighted by Crippen LogP contribution is -2.36. The number of nitrogens with zero attached hydrogens (tertiary/aromatic N) is 1. The maximum atomic E-state index is 11.7. The van der Waals surface area contributed by atoms with Gasteiger partial charge in [-0.1, -0.05) is 78.6 Å². The molecule has 0 saturated heterocycles. The molecule has 0 radical (unpaired) electrons. The molecular formula is C25H47NO3S. The highest BCUT2D eigenvalue weighted by molar-refractivity contribution is 7.85. The fourth-order valence-electron chi connectivity index (χ4n) is 3.43. The van der Waals surface area contributed by atoms with E-state index in [1.165, 1.54) is 57.8 Å². The maximum Gasteiger partial charge on any atom is 0.181 e. The zero-order valence-electron chi connectivity index (χ0n) is 19.9. The second kappa shape index (κ2) is 18.8. The fraction of sp³-hybridized carbons (Fsp3) is 0.760. The van der Waals surface area contributed by atoms with E-state index in [1.807, 2.05) is 36.8 Å². The Kier molecular flexibility index (Phi) is 18.3. The molecule has 0 aliphatic carbocycles. The summed E-state index contributed by atoms with van der Waals surface area (Å²) >= 11 is 0. The predicted molar refractivity (Wildman–Crippen MR) is 129 cm³/mol. The lowest BCUT2D eigenvalue weighted by molar-refractivity contribution is -0.760. The molecule has 0 amide bonds. The van der Waals surface area contributed by atoms with Gasteiger partial charge < -0.3 is 4.55 Å². The van der Waals surface area contributed by atoms with Crippen LogP contribution in [0.5, 0.6) is 0 Å². The summed E-state index contributed by atoms with van der Waals surface area (Å²) in [5, 5.41) is 0. The second-order valence-corrected chi connectivity index (χ2v) is 9.76. The van der Waals surface area contributed by atoms with Crippen LogP contribution in [0.1, 0.15) is 117 Å². The summed E-state index contributed by atoms with van der Waals surface area (Å²) in [6.07, 6.45) is 28.6. The van der Waals surface area contributed by atoms with Gasteiger partial charge in [0.15, 0.2) is 5.88 Å². The Morgan fingerprint density at radius 2 is 0.933 bits per heavy atom. The zero-order chi connectivity index (χ0) is 22.6. The van der Waals surface area contributed by atoms with Crippen molar-refractivity contribution in [1.29, 1.82) is 0 Å².